The van der Waals surface area contributed by atoms with E-state index in [1.807, 2.05) is 0 Å². The molecule has 0 aliphatic heterocycles. The molecule has 1 rings (SSSR count). The highest BCUT2D eigenvalue weighted by molar-refractivity contribution is 7.89. The molecule has 106 valence electrons. The third kappa shape index (κ3) is 3.17. The third-order valence-electron chi connectivity index (χ3n) is 2.58. The Morgan fingerprint density at radius 1 is 1.42 bits per heavy atom. The maximum absolute atomic E-state index is 14.1. The van der Waals surface area contributed by atoms with Gasteiger partial charge in [0, 0.05) is 25.7 Å². The molecule has 0 aliphatic rings. The van der Waals surface area contributed by atoms with Crippen molar-refractivity contribution in [2.45, 2.75) is 11.4 Å². The van der Waals surface area contributed by atoms with Crippen molar-refractivity contribution in [3.05, 3.63) is 42.0 Å². The Labute approximate surface area is 111 Å². The number of nitrogens with one attached hydrogen (secondary N) is 1. The summed E-state index contributed by atoms with van der Waals surface area (Å²) in [4.78, 5) is -0.538. The Balaban J connectivity index is 3.36. The molecule has 1 N–H and O–H groups in total. The lowest BCUT2D eigenvalue weighted by Gasteiger charge is -2.17. The molecule has 0 aromatic heterocycles. The summed E-state index contributed by atoms with van der Waals surface area (Å²) >= 11 is 0. The molecule has 0 radical (unpaired) electrons. The van der Waals surface area contributed by atoms with E-state index < -0.39 is 26.6 Å². The highest BCUT2D eigenvalue weighted by Gasteiger charge is 2.26. The van der Waals surface area contributed by atoms with Crippen LogP contribution in [0.1, 0.15) is 5.56 Å². The van der Waals surface area contributed by atoms with Crippen LogP contribution in [0.2, 0.25) is 0 Å². The van der Waals surface area contributed by atoms with Gasteiger partial charge in [-0.1, -0.05) is 6.08 Å². The second kappa shape index (κ2) is 6.23. The zero-order valence-corrected chi connectivity index (χ0v) is 11.6. The summed E-state index contributed by atoms with van der Waals surface area (Å²) in [6.45, 7) is 3.37. The molecule has 0 atom stereocenters. The van der Waals surface area contributed by atoms with E-state index in [-0.39, 0.29) is 18.7 Å². The van der Waals surface area contributed by atoms with Crippen molar-refractivity contribution >= 4 is 10.0 Å². The van der Waals surface area contributed by atoms with Gasteiger partial charge in [0.05, 0.1) is 0 Å². The van der Waals surface area contributed by atoms with E-state index in [4.69, 9.17) is 0 Å². The van der Waals surface area contributed by atoms with Crippen LogP contribution in [0.5, 0.6) is 0 Å². The van der Waals surface area contributed by atoms with Gasteiger partial charge in [-0.2, -0.15) is 4.31 Å². The molecule has 1 aromatic rings. The predicted octanol–water partition coefficient (Wildman–Crippen LogP) is 1.49. The lowest BCUT2D eigenvalue weighted by molar-refractivity contribution is 0.481. The predicted molar refractivity (Wildman–Crippen MR) is 69.1 cm³/mol. The van der Waals surface area contributed by atoms with Crippen LogP contribution in [0, 0.1) is 11.6 Å². The van der Waals surface area contributed by atoms with Gasteiger partial charge in [0.15, 0.2) is 5.82 Å². The SMILES string of the molecule is C=CCN(C)S(=O)(=O)c1ccc(F)c(CNC)c1F. The van der Waals surface area contributed by atoms with E-state index in [1.54, 1.807) is 0 Å². The van der Waals surface area contributed by atoms with Gasteiger partial charge >= 0.3 is 0 Å². The van der Waals surface area contributed by atoms with Gasteiger partial charge in [-0.05, 0) is 19.2 Å². The molecule has 0 saturated heterocycles. The fraction of sp³-hybridized carbons (Fsp3) is 0.333. The van der Waals surface area contributed by atoms with Crippen LogP contribution in [0.15, 0.2) is 29.7 Å². The van der Waals surface area contributed by atoms with Crippen LogP contribution in [0.3, 0.4) is 0 Å². The molecule has 4 nitrogen and oxygen atoms in total. The molecule has 0 aliphatic carbocycles. The van der Waals surface area contributed by atoms with Crippen molar-refractivity contribution in [3.8, 4) is 0 Å². The lowest BCUT2D eigenvalue weighted by atomic mass is 10.2. The number of likely N-dealkylation sites (N-methyl/N-ethyl adjacent to an activating group) is 1. The molecular formula is C12H16F2N2O2S. The molecule has 19 heavy (non-hydrogen) atoms. The van der Waals surface area contributed by atoms with Gasteiger partial charge in [0.2, 0.25) is 10.0 Å². The van der Waals surface area contributed by atoms with Crippen molar-refractivity contribution in [2.75, 3.05) is 20.6 Å². The average Bonchev–Trinajstić information content (AvgIpc) is 2.34. The Morgan fingerprint density at radius 2 is 2.05 bits per heavy atom. The summed E-state index contributed by atoms with van der Waals surface area (Å²) in [5.74, 6) is -1.84. The summed E-state index contributed by atoms with van der Waals surface area (Å²) < 4.78 is 52.7. The summed E-state index contributed by atoms with van der Waals surface area (Å²) in [7, 11) is -1.18. The zero-order chi connectivity index (χ0) is 14.6. The van der Waals surface area contributed by atoms with Gasteiger partial charge in [0.1, 0.15) is 10.7 Å². The van der Waals surface area contributed by atoms with E-state index in [9.17, 15) is 17.2 Å². The van der Waals surface area contributed by atoms with E-state index in [0.29, 0.717) is 0 Å². The fourth-order valence-corrected chi connectivity index (χ4v) is 2.79. The molecule has 0 unspecified atom stereocenters. The summed E-state index contributed by atoms with van der Waals surface area (Å²) in [5.41, 5.74) is -0.296. The minimum absolute atomic E-state index is 0.0422. The Hall–Kier alpha value is -1.31. The number of hydrogen-bond acceptors (Lipinski definition) is 3. The maximum atomic E-state index is 14.1. The monoisotopic (exact) mass is 290 g/mol. The standard InChI is InChI=1S/C12H16F2N2O2S/c1-4-7-16(3)19(17,18)11-6-5-10(13)9(8-15-2)12(11)14/h4-6,15H,1,7-8H2,2-3H3. The largest absolute Gasteiger partial charge is 0.315 e. The molecule has 0 bridgehead atoms. The first-order valence-corrected chi connectivity index (χ1v) is 6.99. The number of rotatable bonds is 6. The Morgan fingerprint density at radius 3 is 2.58 bits per heavy atom. The Bertz CT molecular complexity index is 573. The average molecular weight is 290 g/mol. The lowest BCUT2D eigenvalue weighted by Crippen LogP contribution is -2.28. The Kier molecular flexibility index (Phi) is 5.16. The topological polar surface area (TPSA) is 49.4 Å². The molecule has 0 fully saturated rings. The van der Waals surface area contributed by atoms with Gasteiger partial charge in [-0.3, -0.25) is 0 Å². The first kappa shape index (κ1) is 15.7. The van der Waals surface area contributed by atoms with Crippen LogP contribution in [-0.4, -0.2) is 33.4 Å². The van der Waals surface area contributed by atoms with Crippen LogP contribution >= 0.6 is 0 Å². The van der Waals surface area contributed by atoms with Crippen molar-refractivity contribution < 1.29 is 17.2 Å². The smallest absolute Gasteiger partial charge is 0.246 e. The van der Waals surface area contributed by atoms with E-state index >= 15 is 0 Å². The molecule has 0 spiro atoms. The van der Waals surface area contributed by atoms with E-state index in [0.717, 1.165) is 16.4 Å². The third-order valence-corrected chi connectivity index (χ3v) is 4.42. The normalized spacial score (nSPS) is 11.8. The van der Waals surface area contributed by atoms with Crippen LogP contribution in [-0.2, 0) is 16.6 Å². The number of halogens is 2. The number of nitrogens with zero attached hydrogens (tertiary/aromatic N) is 1. The van der Waals surface area contributed by atoms with Crippen molar-refractivity contribution in [1.82, 2.24) is 9.62 Å². The maximum Gasteiger partial charge on any atom is 0.246 e. The number of benzene rings is 1. The fourth-order valence-electron chi connectivity index (χ4n) is 1.56. The second-order valence-electron chi connectivity index (χ2n) is 3.94. The number of hydrogen-bond donors (Lipinski definition) is 1. The van der Waals surface area contributed by atoms with E-state index in [2.05, 4.69) is 11.9 Å². The first-order chi connectivity index (χ1) is 8.86. The summed E-state index contributed by atoms with van der Waals surface area (Å²) in [6.07, 6.45) is 1.38. The highest BCUT2D eigenvalue weighted by Crippen LogP contribution is 2.23. The van der Waals surface area contributed by atoms with Gasteiger partial charge < -0.3 is 5.32 Å². The summed E-state index contributed by atoms with van der Waals surface area (Å²) in [6, 6.07) is 1.88. The molecular weight excluding hydrogens is 274 g/mol. The first-order valence-electron chi connectivity index (χ1n) is 5.55. The molecule has 1 aromatic carbocycles. The minimum atomic E-state index is -4.00. The van der Waals surface area contributed by atoms with Crippen LogP contribution < -0.4 is 5.32 Å². The molecule has 0 saturated carbocycles. The van der Waals surface area contributed by atoms with Crippen molar-refractivity contribution in [3.63, 3.8) is 0 Å². The van der Waals surface area contributed by atoms with Gasteiger partial charge in [0.25, 0.3) is 0 Å². The van der Waals surface area contributed by atoms with Crippen LogP contribution in [0.4, 0.5) is 8.78 Å². The quantitative estimate of drug-likeness (QED) is 0.808. The zero-order valence-electron chi connectivity index (χ0n) is 10.8. The van der Waals surface area contributed by atoms with E-state index in [1.165, 1.54) is 20.2 Å². The molecule has 7 heteroatoms. The van der Waals surface area contributed by atoms with Crippen LogP contribution in [0.25, 0.3) is 0 Å². The minimum Gasteiger partial charge on any atom is -0.315 e. The molecule has 0 heterocycles. The van der Waals surface area contributed by atoms with Gasteiger partial charge in [-0.15, -0.1) is 6.58 Å². The second-order valence-corrected chi connectivity index (χ2v) is 5.96. The van der Waals surface area contributed by atoms with Crippen molar-refractivity contribution in [2.24, 2.45) is 0 Å². The van der Waals surface area contributed by atoms with Crippen molar-refractivity contribution in [1.29, 1.82) is 0 Å². The highest BCUT2D eigenvalue weighted by atomic mass is 32.2. The number of sulfonamides is 1. The molecule has 0 amide bonds. The van der Waals surface area contributed by atoms with Gasteiger partial charge in [-0.25, -0.2) is 17.2 Å². The summed E-state index contributed by atoms with van der Waals surface area (Å²) in [5, 5.41) is 2.59.